The summed E-state index contributed by atoms with van der Waals surface area (Å²) in [7, 11) is 0. The van der Waals surface area contributed by atoms with Crippen molar-refractivity contribution in [2.75, 3.05) is 13.1 Å². The standard InChI is InChI=1S/C20H22N2O5/c23-19(22-12-4-7-18(22)20(24)25)13-21-26-14-15-8-10-17(11-9-15)27-16-5-2-1-3-6-16/h1-3,5-6,8-11,18,21H,4,7,12-14H2,(H,24,25). The van der Waals surface area contributed by atoms with Gasteiger partial charge in [-0.15, -0.1) is 0 Å². The monoisotopic (exact) mass is 370 g/mol. The average molecular weight is 370 g/mol. The molecule has 3 rings (SSSR count). The summed E-state index contributed by atoms with van der Waals surface area (Å²) in [5.41, 5.74) is 3.53. The van der Waals surface area contributed by atoms with Crippen molar-refractivity contribution < 1.29 is 24.3 Å². The Hall–Kier alpha value is -2.90. The van der Waals surface area contributed by atoms with E-state index in [4.69, 9.17) is 14.7 Å². The van der Waals surface area contributed by atoms with Gasteiger partial charge in [0.25, 0.3) is 0 Å². The van der Waals surface area contributed by atoms with Gasteiger partial charge in [0.2, 0.25) is 5.91 Å². The van der Waals surface area contributed by atoms with Gasteiger partial charge < -0.3 is 14.7 Å². The highest BCUT2D eigenvalue weighted by Crippen LogP contribution is 2.21. The van der Waals surface area contributed by atoms with Crippen LogP contribution in [0.5, 0.6) is 11.5 Å². The lowest BCUT2D eigenvalue weighted by atomic mass is 10.2. The predicted octanol–water partition coefficient (Wildman–Crippen LogP) is 2.58. The maximum absolute atomic E-state index is 12.1. The molecule has 1 heterocycles. The summed E-state index contributed by atoms with van der Waals surface area (Å²) in [6.07, 6.45) is 1.21. The lowest BCUT2D eigenvalue weighted by molar-refractivity contribution is -0.148. The number of carbonyl (C=O) groups excluding carboxylic acids is 1. The van der Waals surface area contributed by atoms with Crippen molar-refractivity contribution in [3.05, 3.63) is 60.2 Å². The molecule has 2 aromatic rings. The van der Waals surface area contributed by atoms with Crippen molar-refractivity contribution in [3.63, 3.8) is 0 Å². The fourth-order valence-corrected chi connectivity index (χ4v) is 2.95. The van der Waals surface area contributed by atoms with E-state index >= 15 is 0 Å². The second-order valence-corrected chi connectivity index (χ2v) is 6.25. The molecule has 1 atom stereocenters. The molecule has 27 heavy (non-hydrogen) atoms. The van der Waals surface area contributed by atoms with Crippen LogP contribution in [-0.4, -0.2) is 41.0 Å². The van der Waals surface area contributed by atoms with Crippen molar-refractivity contribution in [2.24, 2.45) is 0 Å². The molecule has 0 saturated carbocycles. The number of hydrogen-bond acceptors (Lipinski definition) is 5. The summed E-state index contributed by atoms with van der Waals surface area (Å²) in [5, 5.41) is 9.11. The lowest BCUT2D eigenvalue weighted by Gasteiger charge is -2.21. The Balaban J connectivity index is 1.40. The SMILES string of the molecule is O=C(O)C1CCCN1C(=O)CNOCc1ccc(Oc2ccccc2)cc1. The lowest BCUT2D eigenvalue weighted by Crippen LogP contribution is -2.44. The number of carboxylic acids is 1. The molecule has 0 bridgehead atoms. The van der Waals surface area contributed by atoms with Crippen molar-refractivity contribution in [3.8, 4) is 11.5 Å². The number of para-hydroxylation sites is 1. The zero-order valence-corrected chi connectivity index (χ0v) is 14.8. The molecule has 0 aromatic heterocycles. The first-order valence-electron chi connectivity index (χ1n) is 8.82. The van der Waals surface area contributed by atoms with Crippen LogP contribution in [0.25, 0.3) is 0 Å². The quantitative estimate of drug-likeness (QED) is 0.549. The number of benzene rings is 2. The number of amides is 1. The fraction of sp³-hybridized carbons (Fsp3) is 0.300. The van der Waals surface area contributed by atoms with Gasteiger partial charge in [-0.3, -0.25) is 9.63 Å². The maximum atomic E-state index is 12.1. The normalized spacial score (nSPS) is 16.3. The molecule has 0 spiro atoms. The third-order valence-electron chi connectivity index (χ3n) is 4.32. The number of rotatable bonds is 8. The molecule has 1 aliphatic rings. The van der Waals surface area contributed by atoms with Crippen LogP contribution in [0.15, 0.2) is 54.6 Å². The largest absolute Gasteiger partial charge is 0.480 e. The molecular formula is C20H22N2O5. The van der Waals surface area contributed by atoms with Crippen LogP contribution >= 0.6 is 0 Å². The number of nitrogens with one attached hydrogen (secondary N) is 1. The molecule has 7 nitrogen and oxygen atoms in total. The smallest absolute Gasteiger partial charge is 0.326 e. The van der Waals surface area contributed by atoms with E-state index in [-0.39, 0.29) is 19.1 Å². The molecule has 1 aliphatic heterocycles. The highest BCUT2D eigenvalue weighted by atomic mass is 16.6. The molecule has 2 aromatic carbocycles. The zero-order valence-electron chi connectivity index (χ0n) is 14.8. The van der Waals surface area contributed by atoms with E-state index in [1.807, 2.05) is 54.6 Å². The van der Waals surface area contributed by atoms with Crippen molar-refractivity contribution in [1.82, 2.24) is 10.4 Å². The fourth-order valence-electron chi connectivity index (χ4n) is 2.95. The Morgan fingerprint density at radius 3 is 2.48 bits per heavy atom. The van der Waals surface area contributed by atoms with Gasteiger partial charge in [-0.2, -0.15) is 5.48 Å². The van der Waals surface area contributed by atoms with Crippen molar-refractivity contribution >= 4 is 11.9 Å². The minimum atomic E-state index is -0.959. The van der Waals surface area contributed by atoms with Gasteiger partial charge in [0, 0.05) is 6.54 Å². The molecule has 2 N–H and O–H groups in total. The predicted molar refractivity (Wildman–Crippen MR) is 98.1 cm³/mol. The second kappa shape index (κ2) is 9.16. The van der Waals surface area contributed by atoms with E-state index < -0.39 is 12.0 Å². The number of carboxylic acid groups (broad SMARTS) is 1. The van der Waals surface area contributed by atoms with Crippen LogP contribution in [-0.2, 0) is 21.0 Å². The Labute approximate surface area is 157 Å². The van der Waals surface area contributed by atoms with Gasteiger partial charge in [-0.05, 0) is 42.7 Å². The summed E-state index contributed by atoms with van der Waals surface area (Å²) in [4.78, 5) is 29.9. The van der Waals surface area contributed by atoms with Crippen LogP contribution in [0.4, 0.5) is 0 Å². The number of likely N-dealkylation sites (tertiary alicyclic amines) is 1. The van der Waals surface area contributed by atoms with Crippen molar-refractivity contribution in [1.29, 1.82) is 0 Å². The van der Waals surface area contributed by atoms with Crippen molar-refractivity contribution in [2.45, 2.75) is 25.5 Å². The molecule has 0 radical (unpaired) electrons. The van der Waals surface area contributed by atoms with Crippen LogP contribution < -0.4 is 10.2 Å². The van der Waals surface area contributed by atoms with Gasteiger partial charge in [0.05, 0.1) is 6.61 Å². The highest BCUT2D eigenvalue weighted by Gasteiger charge is 2.33. The highest BCUT2D eigenvalue weighted by molar-refractivity contribution is 5.85. The Kier molecular flexibility index (Phi) is 6.40. The minimum absolute atomic E-state index is 0.0566. The molecule has 1 fully saturated rings. The summed E-state index contributed by atoms with van der Waals surface area (Å²) in [6, 6.07) is 16.2. The Morgan fingerprint density at radius 2 is 1.78 bits per heavy atom. The average Bonchev–Trinajstić information content (AvgIpc) is 3.17. The van der Waals surface area contributed by atoms with Gasteiger partial charge in [0.15, 0.2) is 0 Å². The number of ether oxygens (including phenoxy) is 1. The van der Waals surface area contributed by atoms with E-state index in [1.165, 1.54) is 4.90 Å². The molecular weight excluding hydrogens is 348 g/mol. The van der Waals surface area contributed by atoms with Crippen LogP contribution in [0.2, 0.25) is 0 Å². The number of hydrogen-bond donors (Lipinski definition) is 2. The second-order valence-electron chi connectivity index (χ2n) is 6.25. The first kappa shape index (κ1) is 18.9. The van der Waals surface area contributed by atoms with Crippen LogP contribution in [0.1, 0.15) is 18.4 Å². The zero-order chi connectivity index (χ0) is 19.1. The molecule has 7 heteroatoms. The number of nitrogens with zero attached hydrogens (tertiary/aromatic N) is 1. The topological polar surface area (TPSA) is 88.1 Å². The van der Waals surface area contributed by atoms with E-state index in [0.29, 0.717) is 19.4 Å². The van der Waals surface area contributed by atoms with E-state index in [9.17, 15) is 9.59 Å². The third-order valence-corrected chi connectivity index (χ3v) is 4.32. The number of carbonyl (C=O) groups is 2. The van der Waals surface area contributed by atoms with E-state index in [0.717, 1.165) is 17.1 Å². The van der Waals surface area contributed by atoms with Crippen LogP contribution in [0.3, 0.4) is 0 Å². The van der Waals surface area contributed by atoms with E-state index in [2.05, 4.69) is 5.48 Å². The molecule has 1 amide bonds. The maximum Gasteiger partial charge on any atom is 0.326 e. The van der Waals surface area contributed by atoms with E-state index in [1.54, 1.807) is 0 Å². The minimum Gasteiger partial charge on any atom is -0.480 e. The number of aliphatic carboxylic acids is 1. The Bertz CT molecular complexity index is 764. The summed E-state index contributed by atoms with van der Waals surface area (Å²) in [5.74, 6) is 0.260. The first-order valence-corrected chi connectivity index (χ1v) is 8.82. The molecule has 1 unspecified atom stereocenters. The summed E-state index contributed by atoms with van der Waals surface area (Å²) in [6.45, 7) is 0.695. The molecule has 0 aliphatic carbocycles. The van der Waals surface area contributed by atoms with Gasteiger partial charge in [-0.25, -0.2) is 4.79 Å². The Morgan fingerprint density at radius 1 is 1.07 bits per heavy atom. The summed E-state index contributed by atoms with van der Waals surface area (Å²) < 4.78 is 5.72. The molecule has 1 saturated heterocycles. The van der Waals surface area contributed by atoms with Gasteiger partial charge >= 0.3 is 5.97 Å². The van der Waals surface area contributed by atoms with Crippen LogP contribution in [0, 0.1) is 0 Å². The first-order chi connectivity index (χ1) is 13.1. The summed E-state index contributed by atoms with van der Waals surface area (Å²) >= 11 is 0. The molecule has 142 valence electrons. The van der Waals surface area contributed by atoms with Gasteiger partial charge in [-0.1, -0.05) is 30.3 Å². The third kappa shape index (κ3) is 5.29. The number of hydroxylamine groups is 1. The van der Waals surface area contributed by atoms with Gasteiger partial charge in [0.1, 0.15) is 24.1 Å².